The van der Waals surface area contributed by atoms with Crippen LogP contribution in [0.15, 0.2) is 12.1 Å². The molecule has 1 aliphatic heterocycles. The number of alkyl halides is 1. The molecule has 0 aliphatic carbocycles. The Morgan fingerprint density at radius 3 is 2.96 bits per heavy atom. The SMILES string of the molecule is CC(C)N1CCC(COc2cc(F)c3c(N)n[nH]c3c2)C(F)C1. The highest BCUT2D eigenvalue weighted by Gasteiger charge is 2.30. The molecule has 0 bridgehead atoms. The number of halogens is 2. The molecule has 3 N–H and O–H groups in total. The summed E-state index contributed by atoms with van der Waals surface area (Å²) in [5, 5.41) is 6.69. The summed E-state index contributed by atoms with van der Waals surface area (Å²) in [4.78, 5) is 2.13. The lowest BCUT2D eigenvalue weighted by Gasteiger charge is -2.36. The molecule has 1 aromatic heterocycles. The van der Waals surface area contributed by atoms with Gasteiger partial charge in [0.1, 0.15) is 17.7 Å². The van der Waals surface area contributed by atoms with Crippen molar-refractivity contribution in [1.82, 2.24) is 15.1 Å². The van der Waals surface area contributed by atoms with Crippen LogP contribution in [0.5, 0.6) is 5.75 Å². The predicted octanol–water partition coefficient (Wildman–Crippen LogP) is 2.73. The van der Waals surface area contributed by atoms with E-state index in [4.69, 9.17) is 10.5 Å². The molecular weight excluding hydrogens is 302 g/mol. The number of hydrogen-bond acceptors (Lipinski definition) is 4. The minimum atomic E-state index is -0.928. The Morgan fingerprint density at radius 1 is 1.48 bits per heavy atom. The second-order valence-corrected chi connectivity index (χ2v) is 6.40. The van der Waals surface area contributed by atoms with Crippen LogP contribution in [0.3, 0.4) is 0 Å². The molecule has 0 spiro atoms. The summed E-state index contributed by atoms with van der Waals surface area (Å²) in [6.07, 6.45) is -0.191. The van der Waals surface area contributed by atoms with E-state index in [1.165, 1.54) is 6.07 Å². The summed E-state index contributed by atoms with van der Waals surface area (Å²) in [6.45, 7) is 5.66. The van der Waals surface area contributed by atoms with Crippen LogP contribution in [0.25, 0.3) is 10.9 Å². The van der Waals surface area contributed by atoms with Gasteiger partial charge in [-0.25, -0.2) is 8.78 Å². The van der Waals surface area contributed by atoms with Gasteiger partial charge in [-0.15, -0.1) is 0 Å². The first-order chi connectivity index (χ1) is 11.0. The van der Waals surface area contributed by atoms with Gasteiger partial charge < -0.3 is 10.5 Å². The smallest absolute Gasteiger partial charge is 0.156 e. The summed E-state index contributed by atoms with van der Waals surface area (Å²) >= 11 is 0. The van der Waals surface area contributed by atoms with Crippen LogP contribution in [0, 0.1) is 11.7 Å². The monoisotopic (exact) mass is 324 g/mol. The van der Waals surface area contributed by atoms with Crippen LogP contribution in [0.4, 0.5) is 14.6 Å². The van der Waals surface area contributed by atoms with Gasteiger partial charge in [0.2, 0.25) is 0 Å². The highest BCUT2D eigenvalue weighted by atomic mass is 19.1. The number of aromatic amines is 1. The van der Waals surface area contributed by atoms with Gasteiger partial charge in [-0.2, -0.15) is 5.10 Å². The summed E-state index contributed by atoms with van der Waals surface area (Å²) in [7, 11) is 0. The van der Waals surface area contributed by atoms with Gasteiger partial charge in [0.05, 0.1) is 17.5 Å². The molecule has 2 unspecified atom stereocenters. The topological polar surface area (TPSA) is 67.2 Å². The van der Waals surface area contributed by atoms with E-state index >= 15 is 0 Å². The Bertz CT molecular complexity index is 688. The van der Waals surface area contributed by atoms with E-state index in [1.807, 2.05) is 0 Å². The number of nitrogens with zero attached hydrogens (tertiary/aromatic N) is 2. The summed E-state index contributed by atoms with van der Waals surface area (Å²) in [6, 6.07) is 3.25. The summed E-state index contributed by atoms with van der Waals surface area (Å²) in [5.41, 5.74) is 6.07. The maximum atomic E-state index is 14.3. The van der Waals surface area contributed by atoms with Crippen LogP contribution in [0.2, 0.25) is 0 Å². The van der Waals surface area contributed by atoms with Crippen molar-refractivity contribution < 1.29 is 13.5 Å². The minimum absolute atomic E-state index is 0.119. The average Bonchev–Trinajstić information content (AvgIpc) is 2.87. The molecule has 5 nitrogen and oxygen atoms in total. The van der Waals surface area contributed by atoms with Crippen LogP contribution >= 0.6 is 0 Å². The summed E-state index contributed by atoms with van der Waals surface area (Å²) < 4.78 is 33.9. The second-order valence-electron chi connectivity index (χ2n) is 6.40. The maximum absolute atomic E-state index is 14.3. The fourth-order valence-corrected chi connectivity index (χ4v) is 3.03. The van der Waals surface area contributed by atoms with Crippen molar-refractivity contribution in [1.29, 1.82) is 0 Å². The molecule has 0 radical (unpaired) electrons. The van der Waals surface area contributed by atoms with Gasteiger partial charge >= 0.3 is 0 Å². The van der Waals surface area contributed by atoms with Crippen molar-refractivity contribution in [3.8, 4) is 5.75 Å². The van der Waals surface area contributed by atoms with Crippen molar-refractivity contribution >= 4 is 16.7 Å². The number of benzene rings is 1. The zero-order valence-corrected chi connectivity index (χ0v) is 13.4. The number of H-pyrrole nitrogens is 1. The van der Waals surface area contributed by atoms with Crippen LogP contribution in [0.1, 0.15) is 20.3 Å². The lowest BCUT2D eigenvalue weighted by atomic mass is 9.95. The van der Waals surface area contributed by atoms with E-state index in [0.717, 1.165) is 13.0 Å². The molecule has 3 rings (SSSR count). The molecule has 1 aromatic carbocycles. The molecule has 1 fully saturated rings. The first-order valence-corrected chi connectivity index (χ1v) is 7.89. The number of nitrogen functional groups attached to an aromatic ring is 1. The third-order valence-corrected chi connectivity index (χ3v) is 4.52. The van der Waals surface area contributed by atoms with Crippen LogP contribution in [-0.4, -0.2) is 47.0 Å². The van der Waals surface area contributed by atoms with Crippen molar-refractivity contribution in [3.05, 3.63) is 17.9 Å². The largest absolute Gasteiger partial charge is 0.493 e. The van der Waals surface area contributed by atoms with Crippen molar-refractivity contribution in [2.24, 2.45) is 5.92 Å². The van der Waals surface area contributed by atoms with Gasteiger partial charge in [-0.1, -0.05) is 0 Å². The molecule has 7 heteroatoms. The number of aromatic nitrogens is 2. The highest BCUT2D eigenvalue weighted by Crippen LogP contribution is 2.28. The van der Waals surface area contributed by atoms with Crippen molar-refractivity contribution in [3.63, 3.8) is 0 Å². The molecule has 0 saturated carbocycles. The first kappa shape index (κ1) is 16.0. The number of piperidine rings is 1. The average molecular weight is 324 g/mol. The zero-order valence-electron chi connectivity index (χ0n) is 13.4. The fraction of sp³-hybridized carbons (Fsp3) is 0.562. The highest BCUT2D eigenvalue weighted by molar-refractivity contribution is 5.90. The van der Waals surface area contributed by atoms with Crippen molar-refractivity contribution in [2.75, 3.05) is 25.4 Å². The quantitative estimate of drug-likeness (QED) is 0.907. The van der Waals surface area contributed by atoms with Gasteiger partial charge in [0.25, 0.3) is 0 Å². The molecule has 2 atom stereocenters. The molecular formula is C16H22F2N4O. The molecule has 0 amide bonds. The van der Waals surface area contributed by atoms with Crippen molar-refractivity contribution in [2.45, 2.75) is 32.5 Å². The standard InChI is InChI=1S/C16H22F2N4O/c1-9(2)22-4-3-10(13(18)7-22)8-23-11-5-12(17)15-14(6-11)20-21-16(15)19/h5-6,9-10,13H,3-4,7-8H2,1-2H3,(H3,19,20,21). The van der Waals surface area contributed by atoms with E-state index in [1.54, 1.807) is 6.07 Å². The lowest BCUT2D eigenvalue weighted by molar-refractivity contribution is 0.0423. The molecule has 2 heterocycles. The van der Waals surface area contributed by atoms with Gasteiger partial charge in [0.15, 0.2) is 5.82 Å². The molecule has 2 aromatic rings. The number of rotatable bonds is 4. The predicted molar refractivity (Wildman–Crippen MR) is 85.7 cm³/mol. The van der Waals surface area contributed by atoms with E-state index in [2.05, 4.69) is 28.9 Å². The Morgan fingerprint density at radius 2 is 2.26 bits per heavy atom. The second kappa shape index (κ2) is 6.31. The van der Waals surface area contributed by atoms with Gasteiger partial charge in [0, 0.05) is 30.6 Å². The van der Waals surface area contributed by atoms with Crippen LogP contribution in [-0.2, 0) is 0 Å². The maximum Gasteiger partial charge on any atom is 0.156 e. The molecule has 126 valence electrons. The van der Waals surface area contributed by atoms with E-state index in [9.17, 15) is 8.78 Å². The molecule has 23 heavy (non-hydrogen) atoms. The third-order valence-electron chi connectivity index (χ3n) is 4.52. The fourth-order valence-electron chi connectivity index (χ4n) is 3.03. The Hall–Kier alpha value is -1.89. The number of anilines is 1. The Kier molecular flexibility index (Phi) is 4.39. The van der Waals surface area contributed by atoms with Gasteiger partial charge in [-0.05, 0) is 26.8 Å². The molecule has 1 saturated heterocycles. The van der Waals surface area contributed by atoms with E-state index in [0.29, 0.717) is 23.9 Å². The zero-order chi connectivity index (χ0) is 16.6. The third kappa shape index (κ3) is 3.24. The summed E-state index contributed by atoms with van der Waals surface area (Å²) in [5.74, 6) is -0.183. The van der Waals surface area contributed by atoms with E-state index in [-0.39, 0.29) is 23.7 Å². The Balaban J connectivity index is 1.65. The number of ether oxygens (including phenoxy) is 1. The van der Waals surface area contributed by atoms with E-state index < -0.39 is 12.0 Å². The number of hydrogen-bond donors (Lipinski definition) is 2. The normalized spacial score (nSPS) is 22.8. The Labute approximate surface area is 133 Å². The minimum Gasteiger partial charge on any atom is -0.493 e. The first-order valence-electron chi connectivity index (χ1n) is 7.89. The number of nitrogens with one attached hydrogen (secondary N) is 1. The van der Waals surface area contributed by atoms with Gasteiger partial charge in [-0.3, -0.25) is 10.00 Å². The lowest BCUT2D eigenvalue weighted by Crippen LogP contribution is -2.46. The number of nitrogens with two attached hydrogens (primary N) is 1. The number of likely N-dealkylation sites (tertiary alicyclic amines) is 1. The van der Waals surface area contributed by atoms with Crippen LogP contribution < -0.4 is 10.5 Å². The molecule has 1 aliphatic rings. The number of fused-ring (bicyclic) bond motifs is 1.